The molecule has 3 N–H and O–H groups in total. The summed E-state index contributed by atoms with van der Waals surface area (Å²) in [5.74, 6) is -0.210. The van der Waals surface area contributed by atoms with Gasteiger partial charge < -0.3 is 14.8 Å². The first-order chi connectivity index (χ1) is 18.3. The molecule has 2 aromatic carbocycles. The van der Waals surface area contributed by atoms with E-state index in [1.165, 1.54) is 45.4 Å². The van der Waals surface area contributed by atoms with Crippen LogP contribution in [0.3, 0.4) is 0 Å². The Morgan fingerprint density at radius 3 is 2.28 bits per heavy atom. The zero-order valence-corrected chi connectivity index (χ0v) is 23.2. The average Bonchev–Trinajstić information content (AvgIpc) is 2.86. The van der Waals surface area contributed by atoms with Crippen LogP contribution in [0.1, 0.15) is 45.1 Å². The lowest BCUT2D eigenvalue weighted by molar-refractivity contribution is -0.118. The molecule has 0 radical (unpaired) electrons. The van der Waals surface area contributed by atoms with Gasteiger partial charge in [-0.05, 0) is 53.8 Å². The van der Waals surface area contributed by atoms with Crippen LogP contribution in [-0.4, -0.2) is 34.3 Å². The van der Waals surface area contributed by atoms with Gasteiger partial charge in [-0.2, -0.15) is 5.26 Å². The monoisotopic (exact) mass is 550 g/mol. The van der Waals surface area contributed by atoms with E-state index in [9.17, 15) is 23.3 Å². The summed E-state index contributed by atoms with van der Waals surface area (Å²) in [6, 6.07) is 13.2. The predicted octanol–water partition coefficient (Wildman–Crippen LogP) is 3.47. The Kier molecular flexibility index (Phi) is 7.29. The van der Waals surface area contributed by atoms with Gasteiger partial charge in [0.15, 0.2) is 17.3 Å². The summed E-state index contributed by atoms with van der Waals surface area (Å²) in [5.41, 5.74) is 1.87. The van der Waals surface area contributed by atoms with Crippen LogP contribution in [0.4, 0.5) is 5.69 Å². The third kappa shape index (κ3) is 5.26. The van der Waals surface area contributed by atoms with E-state index in [2.05, 4.69) is 11.4 Å². The first-order valence-electron chi connectivity index (χ1n) is 12.1. The van der Waals surface area contributed by atoms with Gasteiger partial charge >= 0.3 is 0 Å². The van der Waals surface area contributed by atoms with Crippen LogP contribution in [-0.2, 0) is 19.6 Å². The summed E-state index contributed by atoms with van der Waals surface area (Å²) >= 11 is 0. The van der Waals surface area contributed by atoms with Crippen LogP contribution >= 0.6 is 0 Å². The number of rotatable bonds is 6. The normalized spacial score (nSPS) is 18.8. The molecular weight excluding hydrogens is 520 g/mol. The minimum Gasteiger partial charge on any atom is -0.493 e. The van der Waals surface area contributed by atoms with Crippen LogP contribution in [0, 0.1) is 16.7 Å². The topological polar surface area (TPSA) is 152 Å². The number of hydrogen-bond acceptors (Lipinski definition) is 8. The summed E-state index contributed by atoms with van der Waals surface area (Å²) in [5, 5.41) is 18.5. The fraction of sp³-hybridized carbons (Fsp3) is 0.321. The molecule has 1 unspecified atom stereocenters. The molecule has 10 nitrogen and oxygen atoms in total. The minimum atomic E-state index is -3.95. The highest BCUT2D eigenvalue weighted by atomic mass is 32.2. The highest BCUT2D eigenvalue weighted by molar-refractivity contribution is 7.89. The predicted molar refractivity (Wildman–Crippen MR) is 144 cm³/mol. The number of sulfonamides is 1. The largest absolute Gasteiger partial charge is 0.493 e. The van der Waals surface area contributed by atoms with Crippen molar-refractivity contribution in [1.82, 2.24) is 5.32 Å². The number of anilines is 1. The Morgan fingerprint density at radius 1 is 1.10 bits per heavy atom. The molecule has 2 aliphatic rings. The van der Waals surface area contributed by atoms with E-state index < -0.39 is 27.3 Å². The van der Waals surface area contributed by atoms with Crippen molar-refractivity contribution in [2.75, 3.05) is 19.1 Å². The van der Waals surface area contributed by atoms with Crippen LogP contribution in [0.5, 0.6) is 11.5 Å². The number of carbonyl (C=O) groups excluding carboxylic acids is 2. The van der Waals surface area contributed by atoms with E-state index >= 15 is 0 Å². The Bertz CT molecular complexity index is 1570. The number of primary sulfonamides is 1. The van der Waals surface area contributed by atoms with Crippen molar-refractivity contribution in [1.29, 1.82) is 5.26 Å². The summed E-state index contributed by atoms with van der Waals surface area (Å²) in [4.78, 5) is 27.8. The fourth-order valence-electron chi connectivity index (χ4n) is 5.21. The number of nitrogens with one attached hydrogen (secondary N) is 1. The van der Waals surface area contributed by atoms with Crippen molar-refractivity contribution < 1.29 is 27.5 Å². The van der Waals surface area contributed by atoms with E-state index in [1.54, 1.807) is 23.1 Å². The second-order valence-electron chi connectivity index (χ2n) is 10.3. The van der Waals surface area contributed by atoms with Gasteiger partial charge in [0.25, 0.3) is 0 Å². The molecule has 0 saturated carbocycles. The van der Waals surface area contributed by atoms with Gasteiger partial charge in [-0.15, -0.1) is 0 Å². The molecule has 11 heteroatoms. The smallest absolute Gasteiger partial charge is 0.238 e. The number of amides is 1. The highest BCUT2D eigenvalue weighted by Crippen LogP contribution is 2.51. The van der Waals surface area contributed by atoms with Crippen molar-refractivity contribution in [2.24, 2.45) is 10.6 Å². The number of nitrogens with two attached hydrogens (primary N) is 1. The lowest BCUT2D eigenvalue weighted by Gasteiger charge is -2.44. The second-order valence-corrected chi connectivity index (χ2v) is 11.8. The standard InChI is InChI=1S/C28H30N4O6S/c1-16(33)31-27-20(15-29)25(17-6-11-23(37-4)24(12-17)38-5)26-21(13-28(2,3)14-22(26)34)32(27)18-7-9-19(10-8-18)39(30,35)36/h6-12,25H,13-14H2,1-5H3,(H,31,33)(H2,30,35,36). The maximum Gasteiger partial charge on any atom is 0.238 e. The maximum atomic E-state index is 13.8. The SMILES string of the molecule is COc1ccc(C2C(C#N)=C(NC(C)=O)N(c3ccc(S(N)(=O)=O)cc3)C3=C2C(=O)CC(C)(C)C3)cc1OC. The molecule has 0 aromatic heterocycles. The Hall–Kier alpha value is -4.14. The summed E-state index contributed by atoms with van der Waals surface area (Å²) in [6.45, 7) is 5.28. The molecule has 4 rings (SSSR count). The molecule has 1 atom stereocenters. The van der Waals surface area contributed by atoms with Crippen LogP contribution < -0.4 is 24.8 Å². The van der Waals surface area contributed by atoms with E-state index in [0.717, 1.165) is 0 Å². The average molecular weight is 551 g/mol. The molecule has 1 aliphatic carbocycles. The van der Waals surface area contributed by atoms with Crippen molar-refractivity contribution in [2.45, 2.75) is 44.4 Å². The zero-order chi connectivity index (χ0) is 28.7. The quantitative estimate of drug-likeness (QED) is 0.555. The molecule has 1 heterocycles. The fourth-order valence-corrected chi connectivity index (χ4v) is 5.72. The number of ketones is 1. The third-order valence-corrected chi connectivity index (χ3v) is 7.73. The number of ether oxygens (including phenoxy) is 2. The van der Waals surface area contributed by atoms with Gasteiger partial charge in [-0.25, -0.2) is 13.6 Å². The molecular formula is C28H30N4O6S. The summed E-state index contributed by atoms with van der Waals surface area (Å²) in [7, 11) is -0.935. The number of methoxy groups -OCH3 is 2. The third-order valence-electron chi connectivity index (χ3n) is 6.80. The number of benzene rings is 2. The first kappa shape index (κ1) is 27.9. The van der Waals surface area contributed by atoms with Gasteiger partial charge in [0, 0.05) is 30.3 Å². The summed E-state index contributed by atoms with van der Waals surface area (Å²) < 4.78 is 34.6. The molecule has 1 aliphatic heterocycles. The Morgan fingerprint density at radius 2 is 1.74 bits per heavy atom. The number of allylic oxidation sites excluding steroid dienone is 3. The molecule has 2 aromatic rings. The minimum absolute atomic E-state index is 0.0914. The number of nitriles is 1. The van der Waals surface area contributed by atoms with E-state index in [1.807, 2.05) is 13.8 Å². The van der Waals surface area contributed by atoms with E-state index in [-0.39, 0.29) is 28.5 Å². The molecule has 1 amide bonds. The van der Waals surface area contributed by atoms with Gasteiger partial charge in [0.05, 0.1) is 36.7 Å². The van der Waals surface area contributed by atoms with Crippen molar-refractivity contribution in [3.05, 3.63) is 70.7 Å². The highest BCUT2D eigenvalue weighted by Gasteiger charge is 2.45. The van der Waals surface area contributed by atoms with Gasteiger partial charge in [-0.1, -0.05) is 19.9 Å². The number of nitrogens with zero attached hydrogens (tertiary/aromatic N) is 2. The molecule has 39 heavy (non-hydrogen) atoms. The van der Waals surface area contributed by atoms with Crippen molar-refractivity contribution >= 4 is 27.4 Å². The van der Waals surface area contributed by atoms with Crippen LogP contribution in [0.15, 0.2) is 70.0 Å². The van der Waals surface area contributed by atoms with Gasteiger partial charge in [0.1, 0.15) is 5.82 Å². The van der Waals surface area contributed by atoms with Crippen LogP contribution in [0.2, 0.25) is 0 Å². The van der Waals surface area contributed by atoms with E-state index in [4.69, 9.17) is 14.6 Å². The Labute approximate surface area is 227 Å². The van der Waals surface area contributed by atoms with E-state index in [0.29, 0.717) is 40.4 Å². The lowest BCUT2D eigenvalue weighted by atomic mass is 9.68. The molecule has 0 saturated heterocycles. The molecule has 0 fully saturated rings. The van der Waals surface area contributed by atoms with Gasteiger partial charge in [0.2, 0.25) is 15.9 Å². The first-order valence-corrected chi connectivity index (χ1v) is 13.7. The number of hydrogen-bond donors (Lipinski definition) is 2. The molecule has 0 spiro atoms. The van der Waals surface area contributed by atoms with Crippen molar-refractivity contribution in [3.8, 4) is 17.6 Å². The number of carbonyl (C=O) groups is 2. The summed E-state index contributed by atoms with van der Waals surface area (Å²) in [6.07, 6.45) is 0.721. The number of Topliss-reactive ketones (excluding diaryl/α,β-unsaturated/α-hetero) is 1. The Balaban J connectivity index is 2.05. The zero-order valence-electron chi connectivity index (χ0n) is 22.4. The molecule has 204 valence electrons. The second kappa shape index (κ2) is 10.2. The van der Waals surface area contributed by atoms with Crippen molar-refractivity contribution in [3.63, 3.8) is 0 Å². The molecule has 0 bridgehead atoms. The van der Waals surface area contributed by atoms with Gasteiger partial charge in [-0.3, -0.25) is 14.5 Å². The van der Waals surface area contributed by atoms with Crippen LogP contribution in [0.25, 0.3) is 0 Å². The lowest BCUT2D eigenvalue weighted by Crippen LogP contribution is -2.44. The maximum absolute atomic E-state index is 13.8.